The van der Waals surface area contributed by atoms with E-state index in [-0.39, 0.29) is 5.82 Å². The highest BCUT2D eigenvalue weighted by Crippen LogP contribution is 2.53. The lowest BCUT2D eigenvalue weighted by Crippen LogP contribution is -2.66. The number of ether oxygens (including phenoxy) is 2. The zero-order chi connectivity index (χ0) is 31.7. The molecule has 0 saturated carbocycles. The van der Waals surface area contributed by atoms with Crippen molar-refractivity contribution in [3.05, 3.63) is 22.7 Å². The molecule has 2 fully saturated rings. The van der Waals surface area contributed by atoms with Gasteiger partial charge in [-0.3, -0.25) is 18.5 Å². The topological polar surface area (TPSA) is 317 Å². The summed E-state index contributed by atoms with van der Waals surface area (Å²) in [6.07, 6.45) is -16.8. The van der Waals surface area contributed by atoms with Crippen LogP contribution < -0.4 is 16.7 Å². The summed E-state index contributed by atoms with van der Waals surface area (Å²) in [5.41, 5.74) is 2.91. The Morgan fingerprint density at radius 1 is 1.29 bits per heavy atom. The lowest BCUT2D eigenvalue weighted by Gasteiger charge is -2.47. The number of rotatable bonds is 11. The molecule has 3 rings (SSSR count). The fourth-order valence-corrected chi connectivity index (χ4v) is 6.02. The Hall–Kier alpha value is -2.10. The van der Waals surface area contributed by atoms with Crippen molar-refractivity contribution >= 4 is 19.3 Å². The minimum atomic E-state index is -4.94. The number of aliphatic hydroxyl groups is 8. The zero-order valence-electron chi connectivity index (χ0n) is 22.5. The Kier molecular flexibility index (Phi) is 10.9. The highest BCUT2D eigenvalue weighted by atomic mass is 31.2. The van der Waals surface area contributed by atoms with Crippen LogP contribution in [-0.2, 0) is 23.4 Å². The van der Waals surface area contributed by atoms with Crippen molar-refractivity contribution in [3.8, 4) is 0 Å². The summed E-state index contributed by atoms with van der Waals surface area (Å²) in [4.78, 5) is 37.8. The predicted octanol–water partition coefficient (Wildman–Crippen LogP) is -5.20. The van der Waals surface area contributed by atoms with E-state index < -0.39 is 111 Å². The number of hydrogen-bond donors (Lipinski definition) is 11. The van der Waals surface area contributed by atoms with Crippen LogP contribution in [0.25, 0.3) is 0 Å². The van der Waals surface area contributed by atoms with E-state index in [0.29, 0.717) is 0 Å². The lowest BCUT2D eigenvalue weighted by atomic mass is 9.87. The highest BCUT2D eigenvalue weighted by molar-refractivity contribution is 7.53. The van der Waals surface area contributed by atoms with Gasteiger partial charge in [0.1, 0.15) is 42.4 Å². The average Bonchev–Trinajstić information content (AvgIpc) is 3.18. The van der Waals surface area contributed by atoms with Crippen LogP contribution in [-0.4, -0.2) is 134 Å². The lowest BCUT2D eigenvalue weighted by molar-refractivity contribution is -0.303. The van der Waals surface area contributed by atoms with E-state index in [1.165, 1.54) is 6.07 Å². The van der Waals surface area contributed by atoms with Crippen molar-refractivity contribution in [2.75, 3.05) is 12.3 Å². The summed E-state index contributed by atoms with van der Waals surface area (Å²) in [7, 11) is -4.94. The van der Waals surface area contributed by atoms with Gasteiger partial charge in [0.2, 0.25) is 5.91 Å². The van der Waals surface area contributed by atoms with Gasteiger partial charge in [0.25, 0.3) is 0 Å². The monoisotopic (exact) mass is 628 g/mol. The van der Waals surface area contributed by atoms with E-state index >= 15 is 0 Å². The van der Waals surface area contributed by atoms with Crippen LogP contribution in [0.3, 0.4) is 0 Å². The Morgan fingerprint density at radius 2 is 1.93 bits per heavy atom. The maximum Gasteiger partial charge on any atom is 0.351 e. The molecule has 2 aliphatic heterocycles. The molecule has 240 valence electrons. The van der Waals surface area contributed by atoms with Crippen LogP contribution in [0.1, 0.15) is 32.9 Å². The SMILES string of the molecule is CC(=O)N[C@H]1[C@H]([C@H](O)[C@H](O)CO)O[C@](O)(CC(C)P(=O)(O)OC(O)[C@H]2O[C@@H](n3ccc(N)nc3=O)[C@H](O)[C@@H]2O)C[C@@H]1O. The van der Waals surface area contributed by atoms with Gasteiger partial charge in [0.15, 0.2) is 18.3 Å². The number of hydrogen-bond acceptors (Lipinski definition) is 16. The molecule has 3 heterocycles. The van der Waals surface area contributed by atoms with Gasteiger partial charge in [0.05, 0.1) is 24.4 Å². The van der Waals surface area contributed by atoms with Gasteiger partial charge in [0, 0.05) is 26.0 Å². The number of nitrogens with one attached hydrogen (secondary N) is 1. The van der Waals surface area contributed by atoms with Crippen molar-refractivity contribution in [2.45, 2.75) is 99.4 Å². The van der Waals surface area contributed by atoms with Crippen molar-refractivity contribution in [2.24, 2.45) is 0 Å². The van der Waals surface area contributed by atoms with Crippen molar-refractivity contribution in [3.63, 3.8) is 0 Å². The number of nitrogens with two attached hydrogens (primary N) is 1. The van der Waals surface area contributed by atoms with Crippen LogP contribution >= 0.6 is 7.60 Å². The minimum absolute atomic E-state index is 0.133. The summed E-state index contributed by atoms with van der Waals surface area (Å²) in [6, 6.07) is -0.146. The summed E-state index contributed by atoms with van der Waals surface area (Å²) < 4.78 is 29.6. The zero-order valence-corrected chi connectivity index (χ0v) is 23.4. The fourth-order valence-electron chi connectivity index (χ4n) is 4.87. The third-order valence-electron chi connectivity index (χ3n) is 7.05. The first-order valence-electron chi connectivity index (χ1n) is 12.8. The number of carbonyl (C=O) groups is 1. The number of nitrogen functional groups attached to an aromatic ring is 1. The van der Waals surface area contributed by atoms with Crippen LogP contribution in [0.15, 0.2) is 17.1 Å². The second kappa shape index (κ2) is 13.3. The van der Waals surface area contributed by atoms with E-state index in [2.05, 4.69) is 10.3 Å². The Morgan fingerprint density at radius 3 is 2.50 bits per heavy atom. The minimum Gasteiger partial charge on any atom is -0.394 e. The average molecular weight is 629 g/mol. The Balaban J connectivity index is 1.73. The molecule has 0 spiro atoms. The van der Waals surface area contributed by atoms with Gasteiger partial charge in [-0.1, -0.05) is 6.92 Å². The molecular weight excluding hydrogens is 591 g/mol. The van der Waals surface area contributed by atoms with Gasteiger partial charge in [-0.25, -0.2) is 4.79 Å². The maximum atomic E-state index is 13.1. The van der Waals surface area contributed by atoms with Gasteiger partial charge in [-0.2, -0.15) is 4.98 Å². The maximum absolute atomic E-state index is 13.1. The molecule has 19 nitrogen and oxygen atoms in total. The molecule has 13 atom stereocenters. The normalized spacial score (nSPS) is 36.0. The first-order valence-corrected chi connectivity index (χ1v) is 14.4. The Labute approximate surface area is 238 Å². The summed E-state index contributed by atoms with van der Waals surface area (Å²) >= 11 is 0. The van der Waals surface area contributed by atoms with E-state index in [4.69, 9.17) is 19.7 Å². The fraction of sp³-hybridized carbons (Fsp3) is 0.773. The number of nitrogens with zero attached hydrogens (tertiary/aromatic N) is 2. The molecule has 12 N–H and O–H groups in total. The van der Waals surface area contributed by atoms with Crippen LogP contribution in [0.5, 0.6) is 0 Å². The smallest absolute Gasteiger partial charge is 0.351 e. The van der Waals surface area contributed by atoms with Gasteiger partial charge >= 0.3 is 13.3 Å². The molecule has 2 aliphatic rings. The molecule has 0 aromatic carbocycles. The predicted molar refractivity (Wildman–Crippen MR) is 137 cm³/mol. The van der Waals surface area contributed by atoms with E-state index in [9.17, 15) is 59.9 Å². The quantitative estimate of drug-likeness (QED) is 0.0805. The molecule has 2 saturated heterocycles. The molecule has 20 heteroatoms. The number of carbonyl (C=O) groups excluding carboxylic acids is 1. The number of aromatic nitrogens is 2. The molecule has 3 unspecified atom stereocenters. The van der Waals surface area contributed by atoms with Gasteiger partial charge in [-0.15, -0.1) is 0 Å². The van der Waals surface area contributed by atoms with Crippen molar-refractivity contribution in [1.29, 1.82) is 0 Å². The molecule has 1 aromatic rings. The second-order valence-corrected chi connectivity index (χ2v) is 12.6. The van der Waals surface area contributed by atoms with Gasteiger partial charge in [-0.05, 0) is 6.07 Å². The molecule has 0 radical (unpaired) electrons. The van der Waals surface area contributed by atoms with Crippen molar-refractivity contribution in [1.82, 2.24) is 14.9 Å². The van der Waals surface area contributed by atoms with Crippen molar-refractivity contribution < 1.29 is 69.1 Å². The summed E-state index contributed by atoms with van der Waals surface area (Å²) in [5.74, 6) is -3.23. The molecular formula is C22H37N4O15P. The Bertz CT molecular complexity index is 1210. The van der Waals surface area contributed by atoms with Crippen LogP contribution in [0.4, 0.5) is 5.82 Å². The highest BCUT2D eigenvalue weighted by Gasteiger charge is 2.53. The first kappa shape index (κ1) is 34.4. The van der Waals surface area contributed by atoms with Gasteiger partial charge < -0.3 is 66.3 Å². The summed E-state index contributed by atoms with van der Waals surface area (Å²) in [6.45, 7) is 1.27. The molecule has 0 bridgehead atoms. The van der Waals surface area contributed by atoms with E-state index in [0.717, 1.165) is 24.6 Å². The van der Waals surface area contributed by atoms with E-state index in [1.54, 1.807) is 0 Å². The second-order valence-electron chi connectivity index (χ2n) is 10.4. The summed E-state index contributed by atoms with van der Waals surface area (Å²) in [5, 5.41) is 84.8. The first-order chi connectivity index (χ1) is 19.4. The molecule has 0 aliphatic carbocycles. The molecule has 42 heavy (non-hydrogen) atoms. The third kappa shape index (κ3) is 7.51. The van der Waals surface area contributed by atoms with Crippen LogP contribution in [0.2, 0.25) is 0 Å². The third-order valence-corrected chi connectivity index (χ3v) is 8.87. The number of amides is 1. The standard InChI is InChI=1S/C22H37N4O15P/c1-8(5-22(36)6-10(29)13(24-9(2)28)17(40-22)14(31)11(30)7-27)42(37,38)41-20(34)18-15(32)16(33)19(39-18)26-4-3-12(23)25-21(26)35/h3-4,8,10-11,13-20,27,29-34,36H,5-7H2,1-2H3,(H,24,28)(H,37,38)(H2,23,25,35)/t8?,10-,11+,13+,14+,15-,16+,17+,18-,19+,20?,22+/m0/s1. The number of aliphatic hydroxyl groups excluding tert-OH is 7. The molecule has 1 aromatic heterocycles. The largest absolute Gasteiger partial charge is 0.394 e. The van der Waals surface area contributed by atoms with E-state index in [1.807, 2.05) is 0 Å². The number of anilines is 1. The van der Waals surface area contributed by atoms with Crippen LogP contribution in [0, 0.1) is 0 Å². The molecule has 1 amide bonds.